The van der Waals surface area contributed by atoms with Gasteiger partial charge in [0.05, 0.1) is 6.61 Å². The van der Waals surface area contributed by atoms with Crippen LogP contribution in [-0.2, 0) is 9.53 Å². The number of carbonyl (C=O) groups excluding carboxylic acids is 1. The summed E-state index contributed by atoms with van der Waals surface area (Å²) in [6.07, 6.45) is 2.60. The summed E-state index contributed by atoms with van der Waals surface area (Å²) in [4.78, 5) is 12.6. The zero-order valence-electron chi connectivity index (χ0n) is 7.96. The van der Waals surface area contributed by atoms with Gasteiger partial charge in [0, 0.05) is 20.2 Å². The average molecular weight is 206 g/mol. The molecule has 0 N–H and O–H groups in total. The van der Waals surface area contributed by atoms with Crippen molar-refractivity contribution in [1.82, 2.24) is 4.90 Å². The maximum Gasteiger partial charge on any atom is 0.237 e. The van der Waals surface area contributed by atoms with Crippen LogP contribution in [0.15, 0.2) is 0 Å². The van der Waals surface area contributed by atoms with Crippen LogP contribution >= 0.6 is 11.6 Å². The first-order chi connectivity index (χ1) is 6.24. The van der Waals surface area contributed by atoms with Gasteiger partial charge in [0.15, 0.2) is 0 Å². The standard InChI is InChI=1S/C9H16ClNO2/c1-11(9(12)6-10)4-5-13-7-8-2-3-8/h8H,2-7H2,1H3. The second-order valence-electron chi connectivity index (χ2n) is 3.47. The molecular formula is C9H16ClNO2. The number of ether oxygens (including phenoxy) is 1. The number of halogens is 1. The van der Waals surface area contributed by atoms with Crippen molar-refractivity contribution < 1.29 is 9.53 Å². The van der Waals surface area contributed by atoms with Crippen LogP contribution in [0.4, 0.5) is 0 Å². The molecule has 1 fully saturated rings. The fourth-order valence-electron chi connectivity index (χ4n) is 0.963. The van der Waals surface area contributed by atoms with Crippen LogP contribution in [0.3, 0.4) is 0 Å². The molecular weight excluding hydrogens is 190 g/mol. The molecule has 0 saturated heterocycles. The molecule has 0 unspecified atom stereocenters. The predicted molar refractivity (Wildman–Crippen MR) is 51.9 cm³/mol. The molecule has 0 spiro atoms. The van der Waals surface area contributed by atoms with Crippen molar-refractivity contribution in [3.05, 3.63) is 0 Å². The van der Waals surface area contributed by atoms with Gasteiger partial charge in [0.1, 0.15) is 5.88 Å². The van der Waals surface area contributed by atoms with Gasteiger partial charge in [-0.25, -0.2) is 0 Å². The van der Waals surface area contributed by atoms with E-state index in [4.69, 9.17) is 16.3 Å². The van der Waals surface area contributed by atoms with Crippen molar-refractivity contribution in [2.45, 2.75) is 12.8 Å². The normalized spacial score (nSPS) is 15.8. The summed E-state index contributed by atoms with van der Waals surface area (Å²) < 4.78 is 5.39. The quantitative estimate of drug-likeness (QED) is 0.480. The van der Waals surface area contributed by atoms with E-state index in [0.717, 1.165) is 12.5 Å². The number of hydrogen-bond donors (Lipinski definition) is 0. The molecule has 0 aliphatic heterocycles. The fourth-order valence-corrected chi connectivity index (χ4v) is 1.17. The highest BCUT2D eigenvalue weighted by Gasteiger charge is 2.21. The molecule has 1 amide bonds. The highest BCUT2D eigenvalue weighted by atomic mass is 35.5. The number of hydrogen-bond acceptors (Lipinski definition) is 2. The predicted octanol–water partition coefficient (Wildman–Crippen LogP) is 1.11. The first-order valence-corrected chi connectivity index (χ1v) is 5.15. The van der Waals surface area contributed by atoms with Gasteiger partial charge in [-0.2, -0.15) is 0 Å². The number of rotatable bonds is 6. The molecule has 0 atom stereocenters. The molecule has 76 valence electrons. The zero-order chi connectivity index (χ0) is 9.68. The first-order valence-electron chi connectivity index (χ1n) is 4.61. The molecule has 0 heterocycles. The van der Waals surface area contributed by atoms with Crippen molar-refractivity contribution in [2.24, 2.45) is 5.92 Å². The third kappa shape index (κ3) is 4.48. The Bertz CT molecular complexity index is 171. The maximum absolute atomic E-state index is 11.0. The zero-order valence-corrected chi connectivity index (χ0v) is 8.72. The van der Waals surface area contributed by atoms with Crippen molar-refractivity contribution in [1.29, 1.82) is 0 Å². The summed E-state index contributed by atoms with van der Waals surface area (Å²) in [6.45, 7) is 2.11. The molecule has 0 aromatic carbocycles. The lowest BCUT2D eigenvalue weighted by Gasteiger charge is -2.15. The number of likely N-dealkylation sites (N-methyl/N-ethyl adjacent to an activating group) is 1. The minimum Gasteiger partial charge on any atom is -0.379 e. The molecule has 1 aliphatic carbocycles. The lowest BCUT2D eigenvalue weighted by molar-refractivity contribution is -0.127. The van der Waals surface area contributed by atoms with Crippen LogP contribution in [0.25, 0.3) is 0 Å². The van der Waals surface area contributed by atoms with Gasteiger partial charge in [-0.15, -0.1) is 11.6 Å². The van der Waals surface area contributed by atoms with Crippen LogP contribution < -0.4 is 0 Å². The average Bonchev–Trinajstić information content (AvgIpc) is 2.94. The highest BCUT2D eigenvalue weighted by Crippen LogP contribution is 2.28. The summed E-state index contributed by atoms with van der Waals surface area (Å²) in [6, 6.07) is 0. The maximum atomic E-state index is 11.0. The molecule has 1 aliphatic rings. The van der Waals surface area contributed by atoms with Crippen molar-refractivity contribution >= 4 is 17.5 Å². The Labute approximate surface area is 84.0 Å². The van der Waals surface area contributed by atoms with E-state index in [0.29, 0.717) is 13.2 Å². The number of nitrogens with zero attached hydrogens (tertiary/aromatic N) is 1. The molecule has 1 rings (SSSR count). The smallest absolute Gasteiger partial charge is 0.237 e. The second kappa shape index (κ2) is 5.45. The SMILES string of the molecule is CN(CCOCC1CC1)C(=O)CCl. The summed E-state index contributed by atoms with van der Waals surface area (Å²) in [5, 5.41) is 0. The third-order valence-electron chi connectivity index (χ3n) is 2.16. The summed E-state index contributed by atoms with van der Waals surface area (Å²) >= 11 is 5.39. The molecule has 13 heavy (non-hydrogen) atoms. The van der Waals surface area contributed by atoms with Gasteiger partial charge >= 0.3 is 0 Å². The fraction of sp³-hybridized carbons (Fsp3) is 0.889. The monoisotopic (exact) mass is 205 g/mol. The minimum absolute atomic E-state index is 0.0447. The van der Waals surface area contributed by atoms with Crippen molar-refractivity contribution in [2.75, 3.05) is 32.7 Å². The Kier molecular flexibility index (Phi) is 4.53. The largest absolute Gasteiger partial charge is 0.379 e. The van der Waals surface area contributed by atoms with E-state index in [2.05, 4.69) is 0 Å². The van der Waals surface area contributed by atoms with Gasteiger partial charge < -0.3 is 9.64 Å². The number of amides is 1. The van der Waals surface area contributed by atoms with E-state index in [1.54, 1.807) is 11.9 Å². The molecule has 0 radical (unpaired) electrons. The Hall–Kier alpha value is -0.280. The topological polar surface area (TPSA) is 29.5 Å². The molecule has 0 bridgehead atoms. The van der Waals surface area contributed by atoms with Crippen molar-refractivity contribution in [3.63, 3.8) is 0 Å². The lowest BCUT2D eigenvalue weighted by atomic mass is 10.5. The van der Waals surface area contributed by atoms with Crippen LogP contribution in [0.5, 0.6) is 0 Å². The molecule has 0 aromatic heterocycles. The summed E-state index contributed by atoms with van der Waals surface area (Å²) in [7, 11) is 1.74. The van der Waals surface area contributed by atoms with E-state index in [1.165, 1.54) is 12.8 Å². The van der Waals surface area contributed by atoms with E-state index in [-0.39, 0.29) is 11.8 Å². The summed E-state index contributed by atoms with van der Waals surface area (Å²) in [5.74, 6) is 0.796. The Morgan fingerprint density at radius 2 is 2.31 bits per heavy atom. The van der Waals surface area contributed by atoms with E-state index in [9.17, 15) is 4.79 Å². The van der Waals surface area contributed by atoms with Gasteiger partial charge in [0.2, 0.25) is 5.91 Å². The van der Waals surface area contributed by atoms with Crippen molar-refractivity contribution in [3.8, 4) is 0 Å². The molecule has 3 nitrogen and oxygen atoms in total. The Morgan fingerprint density at radius 3 is 2.85 bits per heavy atom. The molecule has 4 heteroatoms. The Balaban J connectivity index is 1.93. The Morgan fingerprint density at radius 1 is 1.62 bits per heavy atom. The van der Waals surface area contributed by atoms with Gasteiger partial charge in [-0.1, -0.05) is 0 Å². The molecule has 1 saturated carbocycles. The van der Waals surface area contributed by atoms with E-state index in [1.807, 2.05) is 0 Å². The van der Waals surface area contributed by atoms with Crippen LogP contribution in [0, 0.1) is 5.92 Å². The number of carbonyl (C=O) groups is 1. The highest BCUT2D eigenvalue weighted by molar-refractivity contribution is 6.27. The lowest BCUT2D eigenvalue weighted by Crippen LogP contribution is -2.31. The summed E-state index contributed by atoms with van der Waals surface area (Å²) in [5.41, 5.74) is 0. The van der Waals surface area contributed by atoms with Gasteiger partial charge in [-0.05, 0) is 18.8 Å². The van der Waals surface area contributed by atoms with Crippen LogP contribution in [0.2, 0.25) is 0 Å². The molecule has 0 aromatic rings. The first kappa shape index (κ1) is 10.8. The van der Waals surface area contributed by atoms with Crippen LogP contribution in [0.1, 0.15) is 12.8 Å². The number of alkyl halides is 1. The minimum atomic E-state index is -0.0447. The third-order valence-corrected chi connectivity index (χ3v) is 2.39. The van der Waals surface area contributed by atoms with E-state index < -0.39 is 0 Å². The van der Waals surface area contributed by atoms with E-state index >= 15 is 0 Å². The van der Waals surface area contributed by atoms with Crippen LogP contribution in [-0.4, -0.2) is 43.5 Å². The second-order valence-corrected chi connectivity index (χ2v) is 3.73. The van der Waals surface area contributed by atoms with Gasteiger partial charge in [0.25, 0.3) is 0 Å². The van der Waals surface area contributed by atoms with Gasteiger partial charge in [-0.3, -0.25) is 4.79 Å².